The number of carbonyl (C=O) groups excluding carboxylic acids is 1. The lowest BCUT2D eigenvalue weighted by molar-refractivity contribution is 0.0343. The smallest absolute Gasteiger partial charge is 0.312 e. The van der Waals surface area contributed by atoms with E-state index in [2.05, 4.69) is 10.5 Å². The van der Waals surface area contributed by atoms with E-state index in [-0.39, 0.29) is 5.76 Å². The Bertz CT molecular complexity index is 923. The number of carbonyl (C=O) groups is 1. The average molecular weight is 343 g/mol. The van der Waals surface area contributed by atoms with Crippen LogP contribution in [0.5, 0.6) is 0 Å². The molecule has 6 nitrogen and oxygen atoms in total. The Labute approximate surface area is 144 Å². The number of hydrogen-bond donors (Lipinski definition) is 1. The van der Waals surface area contributed by atoms with Crippen molar-refractivity contribution in [2.45, 2.75) is 13.8 Å². The zero-order valence-corrected chi connectivity index (χ0v) is 14.2. The SMILES string of the molecule is CCONC(=O)c1oc2ccncc2c1N(C)c1ccc(C)cc1F. The number of rotatable bonds is 5. The highest BCUT2D eigenvalue weighted by atomic mass is 19.1. The van der Waals surface area contributed by atoms with E-state index in [0.717, 1.165) is 5.56 Å². The van der Waals surface area contributed by atoms with Crippen LogP contribution in [0.1, 0.15) is 23.0 Å². The quantitative estimate of drug-likeness (QED) is 0.715. The molecule has 0 fully saturated rings. The third-order valence-electron chi connectivity index (χ3n) is 3.78. The zero-order valence-electron chi connectivity index (χ0n) is 14.2. The van der Waals surface area contributed by atoms with E-state index in [1.165, 1.54) is 6.07 Å². The lowest BCUT2D eigenvalue weighted by Gasteiger charge is -2.20. The summed E-state index contributed by atoms with van der Waals surface area (Å²) in [6, 6.07) is 6.54. The molecule has 0 aliphatic heterocycles. The van der Waals surface area contributed by atoms with Crippen LogP contribution in [-0.4, -0.2) is 24.5 Å². The number of hydroxylamine groups is 1. The van der Waals surface area contributed by atoms with Crippen molar-refractivity contribution >= 4 is 28.3 Å². The Hall–Kier alpha value is -2.93. The lowest BCUT2D eigenvalue weighted by Crippen LogP contribution is -2.25. The fraction of sp³-hybridized carbons (Fsp3) is 0.222. The van der Waals surface area contributed by atoms with Crippen LogP contribution in [0.2, 0.25) is 0 Å². The molecule has 7 heteroatoms. The van der Waals surface area contributed by atoms with Crippen LogP contribution in [0.25, 0.3) is 11.0 Å². The molecule has 0 bridgehead atoms. The molecule has 1 aromatic carbocycles. The molecule has 1 N–H and O–H groups in total. The molecule has 0 aliphatic rings. The van der Waals surface area contributed by atoms with E-state index in [9.17, 15) is 9.18 Å². The number of aromatic nitrogens is 1. The van der Waals surface area contributed by atoms with Gasteiger partial charge in [-0.15, -0.1) is 0 Å². The molecule has 0 unspecified atom stereocenters. The van der Waals surface area contributed by atoms with Crippen LogP contribution in [0, 0.1) is 12.7 Å². The summed E-state index contributed by atoms with van der Waals surface area (Å²) in [7, 11) is 1.67. The number of nitrogens with one attached hydrogen (secondary N) is 1. The minimum absolute atomic E-state index is 0.0268. The number of fused-ring (bicyclic) bond motifs is 1. The molecule has 3 aromatic rings. The highest BCUT2D eigenvalue weighted by Gasteiger charge is 2.25. The van der Waals surface area contributed by atoms with Crippen LogP contribution in [-0.2, 0) is 4.84 Å². The second-order valence-electron chi connectivity index (χ2n) is 5.53. The van der Waals surface area contributed by atoms with Gasteiger partial charge in [0.15, 0.2) is 0 Å². The first kappa shape index (κ1) is 16.9. The number of halogens is 1. The summed E-state index contributed by atoms with van der Waals surface area (Å²) in [5.41, 5.74) is 4.33. The normalized spacial score (nSPS) is 10.9. The highest BCUT2D eigenvalue weighted by molar-refractivity contribution is 6.07. The number of amides is 1. The molecule has 2 aromatic heterocycles. The second-order valence-corrected chi connectivity index (χ2v) is 5.53. The van der Waals surface area contributed by atoms with Gasteiger partial charge in [-0.25, -0.2) is 9.87 Å². The molecule has 0 radical (unpaired) electrons. The van der Waals surface area contributed by atoms with E-state index < -0.39 is 11.7 Å². The Morgan fingerprint density at radius 3 is 2.92 bits per heavy atom. The molecule has 130 valence electrons. The molecular weight excluding hydrogens is 325 g/mol. The minimum atomic E-state index is -0.549. The number of hydrogen-bond acceptors (Lipinski definition) is 5. The zero-order chi connectivity index (χ0) is 18.0. The first-order valence-electron chi connectivity index (χ1n) is 7.81. The summed E-state index contributed by atoms with van der Waals surface area (Å²) in [4.78, 5) is 23.0. The topological polar surface area (TPSA) is 67.6 Å². The third kappa shape index (κ3) is 3.18. The maximum atomic E-state index is 14.4. The van der Waals surface area contributed by atoms with E-state index >= 15 is 0 Å². The Morgan fingerprint density at radius 2 is 2.20 bits per heavy atom. The molecule has 25 heavy (non-hydrogen) atoms. The predicted molar refractivity (Wildman–Crippen MR) is 92.3 cm³/mol. The molecule has 0 aliphatic carbocycles. The Balaban J connectivity index is 2.14. The monoisotopic (exact) mass is 343 g/mol. The van der Waals surface area contributed by atoms with Gasteiger partial charge in [-0.3, -0.25) is 14.6 Å². The Morgan fingerprint density at radius 1 is 1.40 bits per heavy atom. The number of furan rings is 1. The summed E-state index contributed by atoms with van der Waals surface area (Å²) < 4.78 is 20.1. The van der Waals surface area contributed by atoms with Crippen LogP contribution >= 0.6 is 0 Å². The van der Waals surface area contributed by atoms with Crippen molar-refractivity contribution in [1.82, 2.24) is 10.5 Å². The van der Waals surface area contributed by atoms with E-state index in [0.29, 0.717) is 29.0 Å². The number of pyridine rings is 1. The van der Waals surface area contributed by atoms with Crippen molar-refractivity contribution in [1.29, 1.82) is 0 Å². The first-order valence-corrected chi connectivity index (χ1v) is 7.81. The van der Waals surface area contributed by atoms with Gasteiger partial charge in [-0.2, -0.15) is 0 Å². The third-order valence-corrected chi connectivity index (χ3v) is 3.78. The van der Waals surface area contributed by atoms with Gasteiger partial charge in [0.2, 0.25) is 5.76 Å². The van der Waals surface area contributed by atoms with Gasteiger partial charge in [-0.05, 0) is 37.6 Å². The Kier molecular flexibility index (Phi) is 4.67. The van der Waals surface area contributed by atoms with Gasteiger partial charge < -0.3 is 9.32 Å². The number of nitrogens with zero attached hydrogens (tertiary/aromatic N) is 2. The van der Waals surface area contributed by atoms with Crippen molar-refractivity contribution in [2.24, 2.45) is 0 Å². The maximum absolute atomic E-state index is 14.4. The summed E-state index contributed by atoms with van der Waals surface area (Å²) in [6.45, 7) is 3.87. The standard InChI is InChI=1S/C18H18FN3O3/c1-4-24-21-18(23)17-16(12-10-20-8-7-15(12)25-17)22(3)14-6-5-11(2)9-13(14)19/h5-10H,4H2,1-3H3,(H,21,23). The molecule has 0 spiro atoms. The van der Waals surface area contributed by atoms with Gasteiger partial charge >= 0.3 is 5.91 Å². The molecule has 0 atom stereocenters. The molecule has 0 saturated heterocycles. The number of anilines is 2. The van der Waals surface area contributed by atoms with E-state index in [1.807, 2.05) is 6.92 Å². The summed E-state index contributed by atoms with van der Waals surface area (Å²) in [6.07, 6.45) is 3.14. The van der Waals surface area contributed by atoms with Gasteiger partial charge in [-0.1, -0.05) is 6.07 Å². The van der Waals surface area contributed by atoms with E-state index in [1.54, 1.807) is 49.5 Å². The fourth-order valence-corrected chi connectivity index (χ4v) is 2.60. The predicted octanol–water partition coefficient (Wildman–Crippen LogP) is 3.72. The molecule has 1 amide bonds. The number of aryl methyl sites for hydroxylation is 1. The van der Waals surface area contributed by atoms with Crippen LogP contribution in [0.3, 0.4) is 0 Å². The summed E-state index contributed by atoms with van der Waals surface area (Å²) >= 11 is 0. The van der Waals surface area contributed by atoms with Crippen molar-refractivity contribution < 1.29 is 18.4 Å². The second kappa shape index (κ2) is 6.90. The van der Waals surface area contributed by atoms with Gasteiger partial charge in [0.25, 0.3) is 0 Å². The molecule has 3 rings (SSSR count). The fourth-order valence-electron chi connectivity index (χ4n) is 2.60. The van der Waals surface area contributed by atoms with Gasteiger partial charge in [0.1, 0.15) is 17.1 Å². The first-order chi connectivity index (χ1) is 12.0. The van der Waals surface area contributed by atoms with Gasteiger partial charge in [0, 0.05) is 19.4 Å². The maximum Gasteiger partial charge on any atom is 0.312 e. The molecule has 2 heterocycles. The van der Waals surface area contributed by atoms with Crippen molar-refractivity contribution in [3.05, 3.63) is 53.8 Å². The lowest BCUT2D eigenvalue weighted by atomic mass is 10.1. The van der Waals surface area contributed by atoms with Crippen molar-refractivity contribution in [3.63, 3.8) is 0 Å². The van der Waals surface area contributed by atoms with Crippen molar-refractivity contribution in [3.8, 4) is 0 Å². The number of benzene rings is 1. The van der Waals surface area contributed by atoms with Crippen LogP contribution < -0.4 is 10.4 Å². The minimum Gasteiger partial charge on any atom is -0.448 e. The summed E-state index contributed by atoms with van der Waals surface area (Å²) in [5.74, 6) is -0.914. The van der Waals surface area contributed by atoms with Crippen molar-refractivity contribution in [2.75, 3.05) is 18.6 Å². The van der Waals surface area contributed by atoms with Crippen LogP contribution in [0.4, 0.5) is 15.8 Å². The highest BCUT2D eigenvalue weighted by Crippen LogP contribution is 2.37. The molecule has 0 saturated carbocycles. The summed E-state index contributed by atoms with van der Waals surface area (Å²) in [5, 5.41) is 0.603. The van der Waals surface area contributed by atoms with Crippen LogP contribution in [0.15, 0.2) is 41.1 Å². The van der Waals surface area contributed by atoms with Gasteiger partial charge in [0.05, 0.1) is 17.7 Å². The molecular formula is C18H18FN3O3. The largest absolute Gasteiger partial charge is 0.448 e. The average Bonchev–Trinajstić information content (AvgIpc) is 2.98. The van der Waals surface area contributed by atoms with E-state index in [4.69, 9.17) is 9.25 Å².